The van der Waals surface area contributed by atoms with Gasteiger partial charge < -0.3 is 8.83 Å². The van der Waals surface area contributed by atoms with Crippen LogP contribution in [0.25, 0.3) is 99.8 Å². The first-order valence-electron chi connectivity index (χ1n) is 16.7. The maximum atomic E-state index is 6.72. The van der Waals surface area contributed by atoms with Gasteiger partial charge in [0, 0.05) is 27.5 Å². The van der Waals surface area contributed by atoms with Crippen molar-refractivity contribution in [2.75, 3.05) is 0 Å². The van der Waals surface area contributed by atoms with Crippen LogP contribution in [0, 0.1) is 0 Å². The Bertz CT molecular complexity index is 2850. The van der Waals surface area contributed by atoms with Crippen LogP contribution in [0.15, 0.2) is 179 Å². The molecule has 0 aliphatic heterocycles. The topological polar surface area (TPSA) is 52.1 Å². The van der Waals surface area contributed by atoms with Crippen LogP contribution in [-0.2, 0) is 0 Å². The molecule has 0 atom stereocenters. The largest absolute Gasteiger partial charge is 0.455 e. The maximum Gasteiger partial charge on any atom is 0.248 e. The quantitative estimate of drug-likeness (QED) is 0.188. The highest BCUT2D eigenvalue weighted by Gasteiger charge is 2.18. The highest BCUT2D eigenvalue weighted by Crippen LogP contribution is 2.43. The number of fused-ring (bicyclic) bond motifs is 5. The molecule has 2 aromatic heterocycles. The Kier molecular flexibility index (Phi) is 6.46. The highest BCUT2D eigenvalue weighted by atomic mass is 16.4. The zero-order valence-corrected chi connectivity index (χ0v) is 26.9. The number of benzene rings is 8. The number of rotatable bonds is 5. The third kappa shape index (κ3) is 4.69. The van der Waals surface area contributed by atoms with Crippen LogP contribution in [0.4, 0.5) is 0 Å². The molecule has 0 amide bonds. The van der Waals surface area contributed by atoms with E-state index >= 15 is 0 Å². The molecule has 0 aliphatic carbocycles. The van der Waals surface area contributed by atoms with Crippen LogP contribution < -0.4 is 0 Å². The van der Waals surface area contributed by atoms with Crippen LogP contribution >= 0.6 is 0 Å². The summed E-state index contributed by atoms with van der Waals surface area (Å²) < 4.78 is 12.8. The molecular weight excluding hydrogens is 613 g/mol. The molecular formula is C46H28N2O2. The monoisotopic (exact) mass is 640 g/mol. The third-order valence-electron chi connectivity index (χ3n) is 9.66. The van der Waals surface area contributed by atoms with E-state index in [1.807, 2.05) is 42.5 Å². The Morgan fingerprint density at radius 3 is 1.56 bits per heavy atom. The standard InChI is InChI=1S/C46H28N2O2/c1-2-12-32(13-3-1)45-47-48-46(50-45)33-22-20-31(21-23-33)40-27-35(39-19-9-15-30-11-5-7-17-37(30)39)28-42-41-26-34(24-25-43(41)49-44(40)42)38-18-8-14-29-10-4-6-16-36(29)38/h1-28H. The van der Waals surface area contributed by atoms with E-state index in [2.05, 4.69) is 138 Å². The highest BCUT2D eigenvalue weighted by molar-refractivity contribution is 6.14. The number of hydrogen-bond donors (Lipinski definition) is 0. The zero-order valence-electron chi connectivity index (χ0n) is 26.9. The van der Waals surface area contributed by atoms with Crippen molar-refractivity contribution in [3.63, 3.8) is 0 Å². The van der Waals surface area contributed by atoms with Gasteiger partial charge in [0.25, 0.3) is 0 Å². The lowest BCUT2D eigenvalue weighted by Crippen LogP contribution is -1.86. The summed E-state index contributed by atoms with van der Waals surface area (Å²) in [4.78, 5) is 0. The van der Waals surface area contributed by atoms with Gasteiger partial charge in [-0.15, -0.1) is 10.2 Å². The summed E-state index contributed by atoms with van der Waals surface area (Å²) >= 11 is 0. The van der Waals surface area contributed by atoms with Crippen molar-refractivity contribution in [2.24, 2.45) is 0 Å². The summed E-state index contributed by atoms with van der Waals surface area (Å²) in [5.74, 6) is 0.981. The molecule has 0 fully saturated rings. The fourth-order valence-corrected chi connectivity index (χ4v) is 7.20. The van der Waals surface area contributed by atoms with E-state index in [4.69, 9.17) is 8.83 Å². The number of furan rings is 1. The Hall–Kier alpha value is -6.78. The first-order chi connectivity index (χ1) is 24.8. The van der Waals surface area contributed by atoms with E-state index in [-0.39, 0.29) is 0 Å². The molecule has 0 saturated heterocycles. The minimum absolute atomic E-state index is 0.481. The molecule has 0 radical (unpaired) electrons. The summed E-state index contributed by atoms with van der Waals surface area (Å²) in [6.07, 6.45) is 0. The van der Waals surface area contributed by atoms with Crippen LogP contribution in [0.1, 0.15) is 0 Å². The molecule has 0 spiro atoms. The van der Waals surface area contributed by atoms with Gasteiger partial charge in [0.2, 0.25) is 11.8 Å². The molecule has 0 aliphatic rings. The SMILES string of the molecule is c1ccc(-c2nnc(-c3ccc(-c4cc(-c5cccc6ccccc56)cc5c4oc4ccc(-c6cccc7ccccc67)cc45)cc3)o2)cc1. The number of aromatic nitrogens is 2. The lowest BCUT2D eigenvalue weighted by molar-refractivity contribution is 0.584. The van der Waals surface area contributed by atoms with E-state index in [0.717, 1.165) is 55.3 Å². The lowest BCUT2D eigenvalue weighted by atomic mass is 9.92. The Morgan fingerprint density at radius 2 is 0.860 bits per heavy atom. The van der Waals surface area contributed by atoms with Crippen LogP contribution in [0.2, 0.25) is 0 Å². The minimum atomic E-state index is 0.481. The molecule has 10 aromatic rings. The van der Waals surface area contributed by atoms with Crippen molar-refractivity contribution in [1.29, 1.82) is 0 Å². The minimum Gasteiger partial charge on any atom is -0.455 e. The zero-order chi connectivity index (χ0) is 33.0. The second kappa shape index (κ2) is 11.4. The predicted molar refractivity (Wildman–Crippen MR) is 204 cm³/mol. The van der Waals surface area contributed by atoms with Gasteiger partial charge in [0.15, 0.2) is 0 Å². The summed E-state index contributed by atoms with van der Waals surface area (Å²) in [5.41, 5.74) is 10.2. The fourth-order valence-electron chi connectivity index (χ4n) is 7.20. The van der Waals surface area contributed by atoms with E-state index in [0.29, 0.717) is 11.8 Å². The molecule has 0 bridgehead atoms. The van der Waals surface area contributed by atoms with Crippen molar-refractivity contribution >= 4 is 43.5 Å². The van der Waals surface area contributed by atoms with Gasteiger partial charge in [-0.2, -0.15) is 0 Å². The van der Waals surface area contributed by atoms with Gasteiger partial charge in [-0.3, -0.25) is 0 Å². The first kappa shape index (κ1) is 28.3. The van der Waals surface area contributed by atoms with Gasteiger partial charge in [-0.05, 0) is 97.9 Å². The first-order valence-corrected chi connectivity index (χ1v) is 16.7. The summed E-state index contributed by atoms with van der Waals surface area (Å²) in [5, 5.41) is 15.7. The van der Waals surface area contributed by atoms with Gasteiger partial charge in [-0.1, -0.05) is 121 Å². The molecule has 234 valence electrons. The van der Waals surface area contributed by atoms with Crippen molar-refractivity contribution < 1.29 is 8.83 Å². The van der Waals surface area contributed by atoms with Crippen molar-refractivity contribution in [3.05, 3.63) is 170 Å². The van der Waals surface area contributed by atoms with Gasteiger partial charge in [0.1, 0.15) is 11.2 Å². The Balaban J connectivity index is 1.16. The Labute approximate surface area is 287 Å². The van der Waals surface area contributed by atoms with E-state index in [9.17, 15) is 0 Å². The Morgan fingerprint density at radius 1 is 0.320 bits per heavy atom. The number of nitrogens with zero attached hydrogens (tertiary/aromatic N) is 2. The van der Waals surface area contributed by atoms with E-state index < -0.39 is 0 Å². The summed E-state index contributed by atoms with van der Waals surface area (Å²) in [6.45, 7) is 0. The molecule has 10 rings (SSSR count). The normalized spacial score (nSPS) is 11.6. The van der Waals surface area contributed by atoms with Crippen LogP contribution in [0.5, 0.6) is 0 Å². The van der Waals surface area contributed by atoms with Crippen molar-refractivity contribution in [3.8, 4) is 56.3 Å². The van der Waals surface area contributed by atoms with Gasteiger partial charge in [-0.25, -0.2) is 0 Å². The molecule has 0 N–H and O–H groups in total. The van der Waals surface area contributed by atoms with E-state index in [1.165, 1.54) is 32.7 Å². The fraction of sp³-hybridized carbons (Fsp3) is 0. The predicted octanol–water partition coefficient (Wildman–Crippen LogP) is 12.6. The molecule has 4 heteroatoms. The number of hydrogen-bond acceptors (Lipinski definition) is 4. The van der Waals surface area contributed by atoms with Crippen molar-refractivity contribution in [2.45, 2.75) is 0 Å². The average Bonchev–Trinajstić information content (AvgIpc) is 3.83. The third-order valence-corrected chi connectivity index (χ3v) is 9.66. The van der Waals surface area contributed by atoms with Crippen molar-refractivity contribution in [1.82, 2.24) is 10.2 Å². The van der Waals surface area contributed by atoms with Gasteiger partial charge >= 0.3 is 0 Å². The summed E-state index contributed by atoms with van der Waals surface area (Å²) in [7, 11) is 0. The molecule has 2 heterocycles. The van der Waals surface area contributed by atoms with E-state index in [1.54, 1.807) is 0 Å². The van der Waals surface area contributed by atoms with Crippen LogP contribution in [-0.4, -0.2) is 10.2 Å². The molecule has 50 heavy (non-hydrogen) atoms. The van der Waals surface area contributed by atoms with Crippen LogP contribution in [0.3, 0.4) is 0 Å². The second-order valence-electron chi connectivity index (χ2n) is 12.6. The molecule has 8 aromatic carbocycles. The van der Waals surface area contributed by atoms with Gasteiger partial charge in [0.05, 0.1) is 0 Å². The molecule has 0 unspecified atom stereocenters. The summed E-state index contributed by atoms with van der Waals surface area (Å²) in [6, 6.07) is 59.3. The molecule has 4 nitrogen and oxygen atoms in total. The average molecular weight is 641 g/mol. The maximum absolute atomic E-state index is 6.72. The lowest BCUT2D eigenvalue weighted by Gasteiger charge is -2.11. The molecule has 0 saturated carbocycles. The smallest absolute Gasteiger partial charge is 0.248 e. The second-order valence-corrected chi connectivity index (χ2v) is 12.6.